The molecule has 110 valence electrons. The fraction of sp³-hybridized carbons (Fsp3) is 0.529. The van der Waals surface area contributed by atoms with Gasteiger partial charge in [0.25, 0.3) is 0 Å². The van der Waals surface area contributed by atoms with Crippen LogP contribution in [-0.2, 0) is 13.1 Å². The fourth-order valence-electron chi connectivity index (χ4n) is 2.89. The van der Waals surface area contributed by atoms with Crippen molar-refractivity contribution < 1.29 is 0 Å². The normalized spacial score (nSPS) is 12.8. The third-order valence-corrected chi connectivity index (χ3v) is 4.98. The molecule has 0 fully saturated rings. The van der Waals surface area contributed by atoms with Crippen molar-refractivity contribution in [3.05, 3.63) is 45.4 Å². The van der Waals surface area contributed by atoms with Gasteiger partial charge in [0.05, 0.1) is 0 Å². The first-order valence-corrected chi connectivity index (χ1v) is 8.47. The summed E-state index contributed by atoms with van der Waals surface area (Å²) < 4.78 is 2.39. The molecule has 1 N–H and O–H groups in total. The summed E-state index contributed by atoms with van der Waals surface area (Å²) in [4.78, 5) is 1.45. The summed E-state index contributed by atoms with van der Waals surface area (Å²) in [7, 11) is 0. The van der Waals surface area contributed by atoms with Crippen LogP contribution >= 0.6 is 11.3 Å². The van der Waals surface area contributed by atoms with Crippen LogP contribution in [0.25, 0.3) is 0 Å². The topological polar surface area (TPSA) is 17.0 Å². The lowest BCUT2D eigenvalue weighted by Gasteiger charge is -2.17. The Balaban J connectivity index is 2.06. The molecule has 1 unspecified atom stereocenters. The Bertz CT molecular complexity index is 525. The number of nitrogens with zero attached hydrogens (tertiary/aromatic N) is 1. The van der Waals surface area contributed by atoms with Crippen LogP contribution in [0.3, 0.4) is 0 Å². The van der Waals surface area contributed by atoms with Gasteiger partial charge < -0.3 is 9.88 Å². The number of nitrogens with one attached hydrogen (secondary N) is 1. The highest BCUT2D eigenvalue weighted by Crippen LogP contribution is 2.24. The monoisotopic (exact) mass is 290 g/mol. The number of aryl methyl sites for hydroxylation is 1. The molecule has 0 aliphatic carbocycles. The molecule has 0 aromatic carbocycles. The summed E-state index contributed by atoms with van der Waals surface area (Å²) in [5.41, 5.74) is 4.20. The molecule has 2 nitrogen and oxygen atoms in total. The minimum Gasteiger partial charge on any atom is -0.349 e. The van der Waals surface area contributed by atoms with E-state index in [1.807, 2.05) is 11.3 Å². The molecule has 0 saturated heterocycles. The van der Waals surface area contributed by atoms with Crippen LogP contribution in [0.4, 0.5) is 0 Å². The molecule has 0 bridgehead atoms. The molecule has 0 saturated carbocycles. The van der Waals surface area contributed by atoms with Crippen LogP contribution in [0, 0.1) is 13.8 Å². The SMILES string of the molecule is CCCC(NCc1cc(C)n(CC)c1C)c1cccs1. The first kappa shape index (κ1) is 15.3. The van der Waals surface area contributed by atoms with Crippen molar-refractivity contribution in [2.75, 3.05) is 0 Å². The third-order valence-electron chi connectivity index (χ3n) is 4.00. The van der Waals surface area contributed by atoms with Gasteiger partial charge >= 0.3 is 0 Å². The predicted octanol–water partition coefficient (Wildman–Crippen LogP) is 4.82. The molecule has 0 aliphatic heterocycles. The highest BCUT2D eigenvalue weighted by Gasteiger charge is 2.13. The van der Waals surface area contributed by atoms with E-state index in [1.54, 1.807) is 0 Å². The Morgan fingerprint density at radius 2 is 2.10 bits per heavy atom. The van der Waals surface area contributed by atoms with E-state index in [0.29, 0.717) is 6.04 Å². The standard InChI is InChI=1S/C17H26N2S/c1-5-8-16(17-9-7-10-20-17)18-12-15-11-13(3)19(6-2)14(15)4/h7,9-11,16,18H,5-6,8,12H2,1-4H3. The summed E-state index contributed by atoms with van der Waals surface area (Å²) in [6.07, 6.45) is 2.41. The Morgan fingerprint density at radius 3 is 2.65 bits per heavy atom. The average molecular weight is 290 g/mol. The molecule has 2 heterocycles. The lowest BCUT2D eigenvalue weighted by atomic mass is 10.1. The zero-order chi connectivity index (χ0) is 14.5. The number of thiophene rings is 1. The summed E-state index contributed by atoms with van der Waals surface area (Å²) in [6.45, 7) is 10.9. The molecule has 1 atom stereocenters. The van der Waals surface area contributed by atoms with Gasteiger partial charge in [0.2, 0.25) is 0 Å². The van der Waals surface area contributed by atoms with Crippen molar-refractivity contribution >= 4 is 11.3 Å². The minimum absolute atomic E-state index is 0.490. The van der Waals surface area contributed by atoms with E-state index in [9.17, 15) is 0 Å². The van der Waals surface area contributed by atoms with Crippen LogP contribution in [0.5, 0.6) is 0 Å². The molecule has 2 aromatic rings. The van der Waals surface area contributed by atoms with Gasteiger partial charge in [-0.05, 0) is 50.3 Å². The molecule has 20 heavy (non-hydrogen) atoms. The highest BCUT2D eigenvalue weighted by atomic mass is 32.1. The molecule has 0 spiro atoms. The quantitative estimate of drug-likeness (QED) is 0.773. The number of rotatable bonds is 7. The van der Waals surface area contributed by atoms with E-state index in [4.69, 9.17) is 0 Å². The van der Waals surface area contributed by atoms with E-state index in [1.165, 1.54) is 34.7 Å². The van der Waals surface area contributed by atoms with Gasteiger partial charge in [-0.15, -0.1) is 11.3 Å². The van der Waals surface area contributed by atoms with Gasteiger partial charge in [-0.3, -0.25) is 0 Å². The number of hydrogen-bond donors (Lipinski definition) is 1. The average Bonchev–Trinajstić information content (AvgIpc) is 3.04. The lowest BCUT2D eigenvalue weighted by molar-refractivity contribution is 0.499. The molecule has 0 aliphatic rings. The van der Waals surface area contributed by atoms with Gasteiger partial charge in [-0.2, -0.15) is 0 Å². The summed E-state index contributed by atoms with van der Waals surface area (Å²) in [6, 6.07) is 7.20. The second kappa shape index (κ2) is 7.09. The summed E-state index contributed by atoms with van der Waals surface area (Å²) in [5.74, 6) is 0. The largest absolute Gasteiger partial charge is 0.349 e. The van der Waals surface area contributed by atoms with Gasteiger partial charge in [0.1, 0.15) is 0 Å². The first-order valence-electron chi connectivity index (χ1n) is 7.59. The van der Waals surface area contributed by atoms with Crippen LogP contribution in [-0.4, -0.2) is 4.57 Å². The van der Waals surface area contributed by atoms with Gasteiger partial charge in [-0.1, -0.05) is 19.4 Å². The minimum atomic E-state index is 0.490. The summed E-state index contributed by atoms with van der Waals surface area (Å²) in [5, 5.41) is 5.91. The van der Waals surface area contributed by atoms with Crippen LogP contribution in [0.15, 0.2) is 23.6 Å². The van der Waals surface area contributed by atoms with Crippen LogP contribution in [0.1, 0.15) is 54.6 Å². The molecule has 0 amide bonds. The van der Waals surface area contributed by atoms with Crippen molar-refractivity contribution in [1.29, 1.82) is 0 Å². The molecule has 0 radical (unpaired) electrons. The van der Waals surface area contributed by atoms with E-state index < -0.39 is 0 Å². The first-order chi connectivity index (χ1) is 9.67. The van der Waals surface area contributed by atoms with E-state index >= 15 is 0 Å². The third kappa shape index (κ3) is 3.33. The Morgan fingerprint density at radius 1 is 1.30 bits per heavy atom. The zero-order valence-electron chi connectivity index (χ0n) is 13.1. The lowest BCUT2D eigenvalue weighted by Crippen LogP contribution is -2.20. The fourth-order valence-corrected chi connectivity index (χ4v) is 3.73. The number of aromatic nitrogens is 1. The Hall–Kier alpha value is -1.06. The van der Waals surface area contributed by atoms with Gasteiger partial charge in [0, 0.05) is 35.4 Å². The summed E-state index contributed by atoms with van der Waals surface area (Å²) >= 11 is 1.86. The molecular formula is C17H26N2S. The van der Waals surface area contributed by atoms with Crippen molar-refractivity contribution in [3.63, 3.8) is 0 Å². The molecule has 3 heteroatoms. The molecule has 2 aromatic heterocycles. The Kier molecular flexibility index (Phi) is 5.44. The second-order valence-electron chi connectivity index (χ2n) is 5.38. The van der Waals surface area contributed by atoms with E-state index in [0.717, 1.165) is 13.1 Å². The van der Waals surface area contributed by atoms with E-state index in [2.05, 4.69) is 61.2 Å². The predicted molar refractivity (Wildman–Crippen MR) is 88.4 cm³/mol. The van der Waals surface area contributed by atoms with Gasteiger partial charge in [0.15, 0.2) is 0 Å². The second-order valence-corrected chi connectivity index (χ2v) is 6.36. The maximum Gasteiger partial charge on any atom is 0.0417 e. The van der Waals surface area contributed by atoms with Gasteiger partial charge in [-0.25, -0.2) is 0 Å². The highest BCUT2D eigenvalue weighted by molar-refractivity contribution is 7.10. The maximum absolute atomic E-state index is 3.74. The van der Waals surface area contributed by atoms with Crippen molar-refractivity contribution in [2.45, 2.75) is 59.7 Å². The van der Waals surface area contributed by atoms with Crippen LogP contribution in [0.2, 0.25) is 0 Å². The number of hydrogen-bond acceptors (Lipinski definition) is 2. The Labute approximate surface area is 126 Å². The van der Waals surface area contributed by atoms with E-state index in [-0.39, 0.29) is 0 Å². The smallest absolute Gasteiger partial charge is 0.0417 e. The van der Waals surface area contributed by atoms with Crippen LogP contribution < -0.4 is 5.32 Å². The van der Waals surface area contributed by atoms with Crippen molar-refractivity contribution in [2.24, 2.45) is 0 Å². The van der Waals surface area contributed by atoms with Crippen molar-refractivity contribution in [3.8, 4) is 0 Å². The van der Waals surface area contributed by atoms with Crippen molar-refractivity contribution in [1.82, 2.24) is 9.88 Å². The maximum atomic E-state index is 3.74. The molecule has 2 rings (SSSR count). The zero-order valence-corrected chi connectivity index (χ0v) is 13.9. The molecular weight excluding hydrogens is 264 g/mol.